The van der Waals surface area contributed by atoms with Crippen LogP contribution in [0.25, 0.3) is 34.2 Å². The molecule has 2 aromatic heterocycles. The van der Waals surface area contributed by atoms with Crippen LogP contribution in [0.3, 0.4) is 0 Å². The van der Waals surface area contributed by atoms with E-state index in [1.54, 1.807) is 24.3 Å². The van der Waals surface area contributed by atoms with Crippen LogP contribution in [0, 0.1) is 0 Å². The maximum absolute atomic E-state index is 12.8. The van der Waals surface area contributed by atoms with Crippen molar-refractivity contribution in [3.63, 3.8) is 0 Å². The van der Waals surface area contributed by atoms with Crippen LogP contribution in [0.2, 0.25) is 0 Å². The maximum atomic E-state index is 12.8. The molecule has 0 aliphatic heterocycles. The van der Waals surface area contributed by atoms with Crippen LogP contribution >= 0.6 is 0 Å². The molecule has 0 aliphatic carbocycles. The van der Waals surface area contributed by atoms with E-state index in [9.17, 15) is 13.2 Å². The van der Waals surface area contributed by atoms with Gasteiger partial charge in [-0.2, -0.15) is 18.2 Å². The highest BCUT2D eigenvalue weighted by molar-refractivity contribution is 5.65. The van der Waals surface area contributed by atoms with Gasteiger partial charge in [0.05, 0.1) is 0 Å². The van der Waals surface area contributed by atoms with Crippen molar-refractivity contribution in [1.82, 2.24) is 19.7 Å². The van der Waals surface area contributed by atoms with E-state index in [1.165, 1.54) is 11.6 Å². The average molecular weight is 370 g/mol. The number of halogens is 3. The minimum absolute atomic E-state index is 0.229. The van der Waals surface area contributed by atoms with Crippen LogP contribution in [-0.2, 0) is 13.2 Å². The Bertz CT molecular complexity index is 1070. The number of alkyl halides is 3. The summed E-state index contributed by atoms with van der Waals surface area (Å²) in [5, 5.41) is 3.96. The van der Waals surface area contributed by atoms with Crippen molar-refractivity contribution < 1.29 is 17.7 Å². The van der Waals surface area contributed by atoms with Crippen LogP contribution in [-0.4, -0.2) is 19.7 Å². The number of imidazole rings is 1. The van der Waals surface area contributed by atoms with Gasteiger partial charge in [-0.3, -0.25) is 0 Å². The van der Waals surface area contributed by atoms with Crippen molar-refractivity contribution in [1.29, 1.82) is 0 Å². The number of nitrogens with zero attached hydrogens (tertiary/aromatic N) is 4. The quantitative estimate of drug-likeness (QED) is 0.519. The summed E-state index contributed by atoms with van der Waals surface area (Å²) in [6, 6.07) is 16.1. The van der Waals surface area contributed by atoms with E-state index in [4.69, 9.17) is 4.52 Å². The van der Waals surface area contributed by atoms with E-state index >= 15 is 0 Å². The van der Waals surface area contributed by atoms with E-state index in [0.29, 0.717) is 22.8 Å². The molecule has 136 valence electrons. The zero-order valence-electron chi connectivity index (χ0n) is 14.1. The third kappa shape index (κ3) is 3.33. The van der Waals surface area contributed by atoms with E-state index < -0.39 is 11.9 Å². The molecule has 0 amide bonds. The summed E-state index contributed by atoms with van der Waals surface area (Å²) >= 11 is 0. The molecule has 8 heteroatoms. The molecule has 0 saturated carbocycles. The molecule has 4 rings (SSSR count). The highest BCUT2D eigenvalue weighted by Gasteiger charge is 2.34. The lowest BCUT2D eigenvalue weighted by molar-refractivity contribution is -0.140. The monoisotopic (exact) mass is 370 g/mol. The van der Waals surface area contributed by atoms with Crippen LogP contribution < -0.4 is 0 Å². The van der Waals surface area contributed by atoms with Gasteiger partial charge in [-0.25, -0.2) is 4.98 Å². The van der Waals surface area contributed by atoms with Crippen LogP contribution in [0.5, 0.6) is 0 Å². The summed E-state index contributed by atoms with van der Waals surface area (Å²) in [5.74, 6) is 1.02. The molecule has 0 fully saturated rings. The summed E-state index contributed by atoms with van der Waals surface area (Å²) in [7, 11) is 1.52. The minimum atomic E-state index is -4.48. The SMILES string of the molecule is Cn1cc(C(F)(F)F)nc1-c1ccc(-c2noc(-c3ccccc3)n2)cc1. The van der Waals surface area contributed by atoms with Crippen molar-refractivity contribution in [2.45, 2.75) is 6.18 Å². The third-order valence-electron chi connectivity index (χ3n) is 4.01. The highest BCUT2D eigenvalue weighted by atomic mass is 19.4. The second-order valence-electron chi connectivity index (χ2n) is 5.92. The standard InChI is InChI=1S/C19H13F3N4O/c1-26-11-15(19(20,21)22)23-17(26)13-9-7-12(8-10-13)16-24-18(27-25-16)14-5-3-2-4-6-14/h2-11H,1H3. The van der Waals surface area contributed by atoms with Crippen molar-refractivity contribution in [2.24, 2.45) is 7.05 Å². The first kappa shape index (κ1) is 17.0. The van der Waals surface area contributed by atoms with E-state index in [2.05, 4.69) is 15.1 Å². The van der Waals surface area contributed by atoms with E-state index in [1.807, 2.05) is 30.3 Å². The molecule has 0 atom stereocenters. The second-order valence-corrected chi connectivity index (χ2v) is 5.92. The number of benzene rings is 2. The Hall–Kier alpha value is -3.42. The Morgan fingerprint density at radius 2 is 1.52 bits per heavy atom. The lowest BCUT2D eigenvalue weighted by Gasteiger charge is -2.02. The molecule has 5 nitrogen and oxygen atoms in total. The number of hydrogen-bond donors (Lipinski definition) is 0. The molecule has 27 heavy (non-hydrogen) atoms. The summed E-state index contributed by atoms with van der Waals surface area (Å²) < 4.78 is 45.1. The third-order valence-corrected chi connectivity index (χ3v) is 4.01. The number of rotatable bonds is 3. The largest absolute Gasteiger partial charge is 0.434 e. The van der Waals surface area contributed by atoms with Gasteiger partial charge in [-0.1, -0.05) is 47.6 Å². The van der Waals surface area contributed by atoms with E-state index in [0.717, 1.165) is 11.8 Å². The lowest BCUT2D eigenvalue weighted by atomic mass is 10.1. The highest BCUT2D eigenvalue weighted by Crippen LogP contribution is 2.31. The van der Waals surface area contributed by atoms with Crippen molar-refractivity contribution in [3.05, 3.63) is 66.5 Å². The fourth-order valence-corrected chi connectivity index (χ4v) is 2.68. The molecule has 4 aromatic rings. The molecule has 0 radical (unpaired) electrons. The Morgan fingerprint density at radius 1 is 0.852 bits per heavy atom. The van der Waals surface area contributed by atoms with Gasteiger partial charge >= 0.3 is 6.18 Å². The van der Waals surface area contributed by atoms with Crippen molar-refractivity contribution in [2.75, 3.05) is 0 Å². The normalized spacial score (nSPS) is 11.7. The molecule has 0 spiro atoms. The fourth-order valence-electron chi connectivity index (χ4n) is 2.68. The first-order valence-electron chi connectivity index (χ1n) is 8.02. The van der Waals surface area contributed by atoms with Crippen LogP contribution in [0.1, 0.15) is 5.69 Å². The van der Waals surface area contributed by atoms with Gasteiger partial charge in [0.2, 0.25) is 5.82 Å². The summed E-state index contributed by atoms with van der Waals surface area (Å²) in [6.07, 6.45) is -3.51. The average Bonchev–Trinajstić information content (AvgIpc) is 3.29. The molecule has 2 aromatic carbocycles. The molecule has 0 unspecified atom stereocenters. The summed E-state index contributed by atoms with van der Waals surface area (Å²) in [4.78, 5) is 8.05. The Balaban J connectivity index is 1.62. The minimum Gasteiger partial charge on any atom is -0.334 e. The number of hydrogen-bond acceptors (Lipinski definition) is 4. The van der Waals surface area contributed by atoms with Gasteiger partial charge in [0, 0.05) is 29.9 Å². The second kappa shape index (κ2) is 6.39. The van der Waals surface area contributed by atoms with Crippen LogP contribution in [0.4, 0.5) is 13.2 Å². The first-order chi connectivity index (χ1) is 12.9. The Kier molecular flexibility index (Phi) is 4.02. The van der Waals surface area contributed by atoms with Gasteiger partial charge in [-0.05, 0) is 12.1 Å². The maximum Gasteiger partial charge on any atom is 0.434 e. The zero-order chi connectivity index (χ0) is 19.0. The molecule has 0 N–H and O–H groups in total. The summed E-state index contributed by atoms with van der Waals surface area (Å²) in [6.45, 7) is 0. The first-order valence-corrected chi connectivity index (χ1v) is 8.02. The Labute approximate surface area is 152 Å². The summed E-state index contributed by atoms with van der Waals surface area (Å²) in [5.41, 5.74) is 1.13. The van der Waals surface area contributed by atoms with E-state index in [-0.39, 0.29) is 5.82 Å². The Morgan fingerprint density at radius 3 is 2.15 bits per heavy atom. The zero-order valence-corrected chi connectivity index (χ0v) is 14.1. The van der Waals surface area contributed by atoms with Gasteiger partial charge < -0.3 is 9.09 Å². The van der Waals surface area contributed by atoms with Gasteiger partial charge in [0.1, 0.15) is 5.82 Å². The number of aryl methyl sites for hydroxylation is 1. The lowest BCUT2D eigenvalue weighted by Crippen LogP contribution is -2.04. The van der Waals surface area contributed by atoms with Crippen molar-refractivity contribution in [3.8, 4) is 34.2 Å². The van der Waals surface area contributed by atoms with Gasteiger partial charge in [-0.15, -0.1) is 0 Å². The molecule has 0 aliphatic rings. The number of aromatic nitrogens is 4. The predicted molar refractivity (Wildman–Crippen MR) is 92.4 cm³/mol. The predicted octanol–water partition coefficient (Wildman–Crippen LogP) is 4.82. The molecule has 0 saturated heterocycles. The smallest absolute Gasteiger partial charge is 0.334 e. The van der Waals surface area contributed by atoms with Gasteiger partial charge in [0.25, 0.3) is 5.89 Å². The van der Waals surface area contributed by atoms with Gasteiger partial charge in [0.15, 0.2) is 5.69 Å². The molecule has 0 bridgehead atoms. The molecular weight excluding hydrogens is 357 g/mol. The molecular formula is C19H13F3N4O. The van der Waals surface area contributed by atoms with Crippen molar-refractivity contribution >= 4 is 0 Å². The fraction of sp³-hybridized carbons (Fsp3) is 0.105. The van der Waals surface area contributed by atoms with Crippen LogP contribution in [0.15, 0.2) is 65.3 Å². The molecule has 2 heterocycles. The topological polar surface area (TPSA) is 56.7 Å².